The fraction of sp³-hybridized carbons (Fsp3) is 0.292. The quantitative estimate of drug-likeness (QED) is 0.346. The molecule has 1 amide bonds. The maximum absolute atomic E-state index is 14.2. The summed E-state index contributed by atoms with van der Waals surface area (Å²) in [6, 6.07) is 6.16. The molecule has 1 fully saturated rings. The van der Waals surface area contributed by atoms with Crippen molar-refractivity contribution in [2.45, 2.75) is 6.42 Å². The molecule has 35 heavy (non-hydrogen) atoms. The molecule has 1 aromatic heterocycles. The molecule has 0 spiro atoms. The van der Waals surface area contributed by atoms with E-state index in [1.807, 2.05) is 0 Å². The van der Waals surface area contributed by atoms with Gasteiger partial charge in [0.15, 0.2) is 5.83 Å². The van der Waals surface area contributed by atoms with Crippen molar-refractivity contribution in [2.75, 3.05) is 50.1 Å². The van der Waals surface area contributed by atoms with Crippen LogP contribution in [-0.4, -0.2) is 60.2 Å². The molecule has 0 radical (unpaired) electrons. The van der Waals surface area contributed by atoms with Gasteiger partial charge in [0.2, 0.25) is 0 Å². The van der Waals surface area contributed by atoms with Crippen LogP contribution in [0.5, 0.6) is 5.75 Å². The Morgan fingerprint density at radius 2 is 1.94 bits per heavy atom. The lowest BCUT2D eigenvalue weighted by Gasteiger charge is -2.26. The maximum Gasteiger partial charge on any atom is 0.283 e. The molecule has 0 unspecified atom stereocenters. The summed E-state index contributed by atoms with van der Waals surface area (Å²) in [7, 11) is 0. The highest BCUT2D eigenvalue weighted by atomic mass is 19.1. The fourth-order valence-electron chi connectivity index (χ4n) is 3.60. The van der Waals surface area contributed by atoms with Gasteiger partial charge in [-0.1, -0.05) is 6.58 Å². The molecule has 0 saturated carbocycles. The number of halogens is 3. The van der Waals surface area contributed by atoms with E-state index < -0.39 is 23.4 Å². The van der Waals surface area contributed by atoms with E-state index in [2.05, 4.69) is 32.1 Å². The van der Waals surface area contributed by atoms with Crippen LogP contribution in [0.15, 0.2) is 49.1 Å². The molecule has 2 aromatic carbocycles. The summed E-state index contributed by atoms with van der Waals surface area (Å²) in [5.74, 6) is -3.23. The van der Waals surface area contributed by atoms with Gasteiger partial charge in [-0.15, -0.1) is 0 Å². The van der Waals surface area contributed by atoms with Crippen LogP contribution in [0.1, 0.15) is 6.42 Å². The first-order valence-electron chi connectivity index (χ1n) is 11.0. The Bertz CT molecular complexity index is 1230. The Balaban J connectivity index is 1.58. The average Bonchev–Trinajstić information content (AvgIpc) is 2.84. The molecular weight excluding hydrogens is 463 g/mol. The van der Waals surface area contributed by atoms with Crippen molar-refractivity contribution in [3.05, 3.63) is 60.7 Å². The number of nitrogens with one attached hydrogen (secondary N) is 2. The SMILES string of the molecule is C=C(F)C(=O)Nc1cc2c(Nc3ccc(F)cc3F)ncnc2cc1OCCCN1CCOCC1. The third-order valence-corrected chi connectivity index (χ3v) is 5.40. The van der Waals surface area contributed by atoms with Crippen molar-refractivity contribution in [2.24, 2.45) is 0 Å². The number of morpholine rings is 1. The monoisotopic (exact) mass is 487 g/mol. The van der Waals surface area contributed by atoms with Crippen LogP contribution in [0, 0.1) is 11.6 Å². The summed E-state index contributed by atoms with van der Waals surface area (Å²) in [5.41, 5.74) is 0.605. The number of benzene rings is 2. The molecule has 2 heterocycles. The Kier molecular flexibility index (Phi) is 7.78. The zero-order valence-electron chi connectivity index (χ0n) is 18.8. The lowest BCUT2D eigenvalue weighted by molar-refractivity contribution is -0.114. The van der Waals surface area contributed by atoms with E-state index in [-0.39, 0.29) is 22.9 Å². The molecule has 2 N–H and O–H groups in total. The Labute approximate surface area is 199 Å². The zero-order valence-corrected chi connectivity index (χ0v) is 18.8. The number of nitrogens with zero attached hydrogens (tertiary/aromatic N) is 3. The minimum Gasteiger partial charge on any atom is -0.491 e. The summed E-state index contributed by atoms with van der Waals surface area (Å²) in [5, 5.41) is 5.63. The van der Waals surface area contributed by atoms with Gasteiger partial charge in [0.05, 0.1) is 36.7 Å². The second-order valence-electron chi connectivity index (χ2n) is 7.85. The van der Waals surface area contributed by atoms with Crippen molar-refractivity contribution in [1.29, 1.82) is 0 Å². The largest absolute Gasteiger partial charge is 0.491 e. The minimum absolute atomic E-state index is 0.00226. The van der Waals surface area contributed by atoms with Crippen molar-refractivity contribution in [1.82, 2.24) is 14.9 Å². The summed E-state index contributed by atoms with van der Waals surface area (Å²) in [6.45, 7) is 7.30. The van der Waals surface area contributed by atoms with Crippen molar-refractivity contribution >= 4 is 34.0 Å². The van der Waals surface area contributed by atoms with E-state index in [9.17, 15) is 18.0 Å². The first-order chi connectivity index (χ1) is 16.9. The predicted molar refractivity (Wildman–Crippen MR) is 125 cm³/mol. The van der Waals surface area contributed by atoms with Gasteiger partial charge in [-0.2, -0.15) is 0 Å². The smallest absolute Gasteiger partial charge is 0.283 e. The third-order valence-electron chi connectivity index (χ3n) is 5.40. The second-order valence-corrected chi connectivity index (χ2v) is 7.85. The summed E-state index contributed by atoms with van der Waals surface area (Å²) < 4.78 is 52.1. The Morgan fingerprint density at radius 1 is 1.14 bits per heavy atom. The molecule has 8 nitrogen and oxygen atoms in total. The number of ether oxygens (including phenoxy) is 2. The van der Waals surface area contributed by atoms with E-state index in [0.717, 1.165) is 38.2 Å². The molecule has 1 aliphatic rings. The average molecular weight is 487 g/mol. The topological polar surface area (TPSA) is 88.6 Å². The molecule has 0 atom stereocenters. The Morgan fingerprint density at radius 3 is 2.69 bits per heavy atom. The van der Waals surface area contributed by atoms with Crippen molar-refractivity contribution < 1.29 is 27.4 Å². The van der Waals surface area contributed by atoms with E-state index in [1.54, 1.807) is 6.07 Å². The van der Waals surface area contributed by atoms with E-state index in [1.165, 1.54) is 18.5 Å². The third kappa shape index (κ3) is 6.25. The first kappa shape index (κ1) is 24.4. The van der Waals surface area contributed by atoms with Crippen molar-refractivity contribution in [3.8, 4) is 5.75 Å². The number of carbonyl (C=O) groups excluding carboxylic acids is 1. The van der Waals surface area contributed by atoms with Gasteiger partial charge in [0.1, 0.15) is 29.5 Å². The minimum atomic E-state index is -1.17. The van der Waals surface area contributed by atoms with Crippen LogP contribution in [0.2, 0.25) is 0 Å². The number of carbonyl (C=O) groups is 1. The number of aromatic nitrogens is 2. The molecule has 11 heteroatoms. The number of rotatable bonds is 9. The molecular formula is C24H24F3N5O3. The molecule has 4 rings (SSSR count). The molecule has 1 saturated heterocycles. The van der Waals surface area contributed by atoms with Gasteiger partial charge in [0, 0.05) is 37.2 Å². The van der Waals surface area contributed by atoms with Crippen molar-refractivity contribution in [3.63, 3.8) is 0 Å². The van der Waals surface area contributed by atoms with Gasteiger partial charge < -0.3 is 20.1 Å². The van der Waals surface area contributed by atoms with Gasteiger partial charge in [-0.25, -0.2) is 23.1 Å². The highest BCUT2D eigenvalue weighted by molar-refractivity contribution is 6.05. The van der Waals surface area contributed by atoms with E-state index in [4.69, 9.17) is 9.47 Å². The lowest BCUT2D eigenvalue weighted by Crippen LogP contribution is -2.37. The van der Waals surface area contributed by atoms with Crippen LogP contribution < -0.4 is 15.4 Å². The molecule has 0 bridgehead atoms. The standard InChI is InChI=1S/C24H24F3N5O3/c1-15(25)24(33)31-21-12-17-20(13-22(21)35-8-2-5-32-6-9-34-10-7-32)28-14-29-23(17)30-19-4-3-16(26)11-18(19)27/h3-4,11-14H,1-2,5-10H2,(H,31,33)(H,28,29,30). The number of hydrogen-bond acceptors (Lipinski definition) is 7. The molecule has 3 aromatic rings. The van der Waals surface area contributed by atoms with Crippen LogP contribution in [0.25, 0.3) is 10.9 Å². The van der Waals surface area contributed by atoms with E-state index in [0.29, 0.717) is 30.7 Å². The fourth-order valence-corrected chi connectivity index (χ4v) is 3.60. The summed E-state index contributed by atoms with van der Waals surface area (Å²) in [6.07, 6.45) is 2.00. The zero-order chi connectivity index (χ0) is 24.8. The first-order valence-corrected chi connectivity index (χ1v) is 11.0. The normalized spacial score (nSPS) is 14.0. The summed E-state index contributed by atoms with van der Waals surface area (Å²) in [4.78, 5) is 22.6. The highest BCUT2D eigenvalue weighted by Gasteiger charge is 2.16. The maximum atomic E-state index is 14.2. The van der Waals surface area contributed by atoms with Crippen LogP contribution in [-0.2, 0) is 9.53 Å². The predicted octanol–water partition coefficient (Wildman–Crippen LogP) is 4.17. The second kappa shape index (κ2) is 11.2. The van der Waals surface area contributed by atoms with Crippen LogP contribution in [0.3, 0.4) is 0 Å². The molecule has 0 aliphatic carbocycles. The number of amides is 1. The lowest BCUT2D eigenvalue weighted by atomic mass is 10.1. The number of fused-ring (bicyclic) bond motifs is 1. The summed E-state index contributed by atoms with van der Waals surface area (Å²) >= 11 is 0. The van der Waals surface area contributed by atoms with Gasteiger partial charge in [-0.05, 0) is 24.6 Å². The number of anilines is 3. The van der Waals surface area contributed by atoms with Gasteiger partial charge in [0.25, 0.3) is 5.91 Å². The number of hydrogen-bond donors (Lipinski definition) is 2. The van der Waals surface area contributed by atoms with Gasteiger partial charge >= 0.3 is 0 Å². The van der Waals surface area contributed by atoms with Crippen LogP contribution >= 0.6 is 0 Å². The Hall–Kier alpha value is -3.70. The molecule has 184 valence electrons. The van der Waals surface area contributed by atoms with Gasteiger partial charge in [-0.3, -0.25) is 9.69 Å². The highest BCUT2D eigenvalue weighted by Crippen LogP contribution is 2.34. The molecule has 1 aliphatic heterocycles. The van der Waals surface area contributed by atoms with E-state index >= 15 is 0 Å². The van der Waals surface area contributed by atoms with Crippen LogP contribution in [0.4, 0.5) is 30.4 Å².